The van der Waals surface area contributed by atoms with Gasteiger partial charge in [0.25, 0.3) is 5.69 Å². The Morgan fingerprint density at radius 1 is 1.41 bits per heavy atom. The highest BCUT2D eigenvalue weighted by molar-refractivity contribution is 8.93. The summed E-state index contributed by atoms with van der Waals surface area (Å²) in [5, 5.41) is 13.7. The van der Waals surface area contributed by atoms with Crippen LogP contribution in [-0.4, -0.2) is 24.7 Å². The van der Waals surface area contributed by atoms with Gasteiger partial charge in [0.2, 0.25) is 0 Å². The van der Waals surface area contributed by atoms with Crippen LogP contribution in [0.1, 0.15) is 12.5 Å². The highest BCUT2D eigenvalue weighted by Gasteiger charge is 2.04. The molecule has 0 aliphatic carbocycles. The second-order valence-corrected chi connectivity index (χ2v) is 3.66. The number of benzene rings is 1. The summed E-state index contributed by atoms with van der Waals surface area (Å²) in [4.78, 5) is 10.0. The molecule has 0 aliphatic heterocycles. The van der Waals surface area contributed by atoms with Gasteiger partial charge in [-0.2, -0.15) is 0 Å². The molecule has 0 aliphatic rings. The first-order chi connectivity index (χ1) is 7.63. The fraction of sp³-hybridized carbons (Fsp3) is 0.455. The average molecular weight is 305 g/mol. The smallest absolute Gasteiger partial charge is 0.269 e. The number of hydrogen-bond acceptors (Lipinski definition) is 4. The van der Waals surface area contributed by atoms with Crippen molar-refractivity contribution in [1.82, 2.24) is 5.32 Å². The van der Waals surface area contributed by atoms with Gasteiger partial charge in [0.15, 0.2) is 0 Å². The molecule has 1 atom stereocenters. The third-order valence-electron chi connectivity index (χ3n) is 2.22. The summed E-state index contributed by atoms with van der Waals surface area (Å²) in [6, 6.07) is 6.80. The lowest BCUT2D eigenvalue weighted by atomic mass is 10.2. The van der Waals surface area contributed by atoms with E-state index in [1.165, 1.54) is 12.1 Å². The average Bonchev–Trinajstić information content (AvgIpc) is 2.27. The summed E-state index contributed by atoms with van der Waals surface area (Å²) in [5.41, 5.74) is 1.14. The minimum Gasteiger partial charge on any atom is -0.383 e. The Morgan fingerprint density at radius 3 is 2.47 bits per heavy atom. The molecule has 1 aromatic rings. The first-order valence-electron chi connectivity index (χ1n) is 5.09. The first kappa shape index (κ1) is 16.0. The number of ether oxygens (including phenoxy) is 1. The largest absolute Gasteiger partial charge is 0.383 e. The number of methoxy groups -OCH3 is 1. The van der Waals surface area contributed by atoms with Crippen molar-refractivity contribution in [3.63, 3.8) is 0 Å². The predicted molar refractivity (Wildman–Crippen MR) is 71.6 cm³/mol. The van der Waals surface area contributed by atoms with Gasteiger partial charge < -0.3 is 10.1 Å². The highest BCUT2D eigenvalue weighted by Crippen LogP contribution is 2.11. The molecule has 17 heavy (non-hydrogen) atoms. The predicted octanol–water partition coefficient (Wildman–Crippen LogP) is 2.30. The zero-order valence-electron chi connectivity index (χ0n) is 9.88. The minimum absolute atomic E-state index is 0. The van der Waals surface area contributed by atoms with Crippen LogP contribution in [0.25, 0.3) is 0 Å². The third kappa shape index (κ3) is 5.76. The maximum atomic E-state index is 10.4. The molecule has 0 saturated heterocycles. The van der Waals surface area contributed by atoms with Crippen molar-refractivity contribution in [2.45, 2.75) is 19.5 Å². The summed E-state index contributed by atoms with van der Waals surface area (Å²) in [7, 11) is 1.66. The molecule has 0 amide bonds. The summed E-state index contributed by atoms with van der Waals surface area (Å²) in [6.07, 6.45) is 0. The van der Waals surface area contributed by atoms with E-state index in [1.807, 2.05) is 6.92 Å². The van der Waals surface area contributed by atoms with Gasteiger partial charge in [-0.1, -0.05) is 12.1 Å². The fourth-order valence-corrected chi connectivity index (χ4v) is 1.34. The summed E-state index contributed by atoms with van der Waals surface area (Å²) >= 11 is 0. The van der Waals surface area contributed by atoms with Crippen molar-refractivity contribution in [3.8, 4) is 0 Å². The SMILES string of the molecule is Br.COCC(C)NCc1ccc([N+](=O)[O-])cc1. The molecule has 1 aromatic carbocycles. The number of nitrogens with one attached hydrogen (secondary N) is 1. The molecule has 0 aromatic heterocycles. The molecule has 0 fully saturated rings. The van der Waals surface area contributed by atoms with E-state index >= 15 is 0 Å². The van der Waals surface area contributed by atoms with Crippen LogP contribution in [0.4, 0.5) is 5.69 Å². The van der Waals surface area contributed by atoms with Crippen molar-refractivity contribution in [2.75, 3.05) is 13.7 Å². The zero-order valence-corrected chi connectivity index (χ0v) is 11.6. The van der Waals surface area contributed by atoms with Crippen molar-refractivity contribution in [3.05, 3.63) is 39.9 Å². The lowest BCUT2D eigenvalue weighted by Gasteiger charge is -2.12. The molecule has 1 N–H and O–H groups in total. The van der Waals surface area contributed by atoms with Gasteiger partial charge in [-0.3, -0.25) is 10.1 Å². The monoisotopic (exact) mass is 304 g/mol. The summed E-state index contributed by atoms with van der Waals surface area (Å²) in [6.45, 7) is 3.35. The Labute approximate surface area is 111 Å². The van der Waals surface area contributed by atoms with E-state index in [2.05, 4.69) is 5.32 Å². The van der Waals surface area contributed by atoms with E-state index in [0.29, 0.717) is 13.2 Å². The Balaban J connectivity index is 0.00000256. The third-order valence-corrected chi connectivity index (χ3v) is 2.22. The molecular weight excluding hydrogens is 288 g/mol. The maximum absolute atomic E-state index is 10.4. The minimum atomic E-state index is -0.398. The topological polar surface area (TPSA) is 64.4 Å². The Hall–Kier alpha value is -0.980. The highest BCUT2D eigenvalue weighted by atomic mass is 79.9. The number of nitro benzene ring substituents is 1. The van der Waals surface area contributed by atoms with Crippen LogP contribution < -0.4 is 5.32 Å². The van der Waals surface area contributed by atoms with Crippen LogP contribution in [0.5, 0.6) is 0 Å². The fourth-order valence-electron chi connectivity index (χ4n) is 1.34. The van der Waals surface area contributed by atoms with Gasteiger partial charge in [-0.05, 0) is 12.5 Å². The number of nitro groups is 1. The molecule has 0 bridgehead atoms. The molecule has 0 spiro atoms. The van der Waals surface area contributed by atoms with Crippen molar-refractivity contribution in [1.29, 1.82) is 0 Å². The van der Waals surface area contributed by atoms with Gasteiger partial charge in [0, 0.05) is 31.8 Å². The Morgan fingerprint density at radius 2 is 2.00 bits per heavy atom. The first-order valence-corrected chi connectivity index (χ1v) is 5.09. The molecule has 0 heterocycles. The molecular formula is C11H17BrN2O3. The van der Waals surface area contributed by atoms with Gasteiger partial charge in [-0.25, -0.2) is 0 Å². The van der Waals surface area contributed by atoms with Gasteiger partial charge in [0.05, 0.1) is 11.5 Å². The normalized spacial score (nSPS) is 11.6. The van der Waals surface area contributed by atoms with Crippen molar-refractivity contribution in [2.24, 2.45) is 0 Å². The Bertz CT molecular complexity index is 343. The second-order valence-electron chi connectivity index (χ2n) is 3.66. The molecule has 0 radical (unpaired) electrons. The maximum Gasteiger partial charge on any atom is 0.269 e. The van der Waals surface area contributed by atoms with E-state index in [1.54, 1.807) is 19.2 Å². The van der Waals surface area contributed by atoms with Crippen LogP contribution in [-0.2, 0) is 11.3 Å². The number of non-ortho nitro benzene ring substituents is 1. The van der Waals surface area contributed by atoms with Gasteiger partial charge in [-0.15, -0.1) is 17.0 Å². The van der Waals surface area contributed by atoms with E-state index in [-0.39, 0.29) is 28.7 Å². The van der Waals surface area contributed by atoms with Crippen molar-refractivity contribution < 1.29 is 9.66 Å². The Kier molecular flexibility index (Phi) is 7.69. The summed E-state index contributed by atoms with van der Waals surface area (Å²) < 4.78 is 4.99. The number of rotatable bonds is 6. The standard InChI is InChI=1S/C11H16N2O3.BrH/c1-9(8-16-2)12-7-10-3-5-11(6-4-10)13(14)15;/h3-6,9,12H,7-8H2,1-2H3;1H. The number of nitrogens with zero attached hydrogens (tertiary/aromatic N) is 1. The summed E-state index contributed by atoms with van der Waals surface area (Å²) in [5.74, 6) is 0. The molecule has 0 saturated carbocycles. The van der Waals surface area contributed by atoms with Gasteiger partial charge in [0.1, 0.15) is 0 Å². The van der Waals surface area contributed by atoms with Crippen LogP contribution in [0.2, 0.25) is 0 Å². The van der Waals surface area contributed by atoms with Crippen molar-refractivity contribution >= 4 is 22.7 Å². The molecule has 6 heteroatoms. The van der Waals surface area contributed by atoms with E-state index in [9.17, 15) is 10.1 Å². The lowest BCUT2D eigenvalue weighted by molar-refractivity contribution is -0.384. The molecule has 1 unspecified atom stereocenters. The van der Waals surface area contributed by atoms with Gasteiger partial charge >= 0.3 is 0 Å². The quantitative estimate of drug-likeness (QED) is 0.647. The van der Waals surface area contributed by atoms with Crippen LogP contribution >= 0.6 is 17.0 Å². The van der Waals surface area contributed by atoms with Crippen LogP contribution in [0.15, 0.2) is 24.3 Å². The van der Waals surface area contributed by atoms with E-state index in [4.69, 9.17) is 4.74 Å². The number of halogens is 1. The zero-order chi connectivity index (χ0) is 12.0. The molecule has 5 nitrogen and oxygen atoms in total. The van der Waals surface area contributed by atoms with E-state index in [0.717, 1.165) is 5.56 Å². The molecule has 96 valence electrons. The van der Waals surface area contributed by atoms with Crippen LogP contribution in [0, 0.1) is 10.1 Å². The molecule has 1 rings (SSSR count). The number of hydrogen-bond donors (Lipinski definition) is 1. The van der Waals surface area contributed by atoms with Crippen LogP contribution in [0.3, 0.4) is 0 Å². The van der Waals surface area contributed by atoms with E-state index < -0.39 is 4.92 Å². The lowest BCUT2D eigenvalue weighted by Crippen LogP contribution is -2.29. The second kappa shape index (κ2) is 8.16.